The molecule has 17 heavy (non-hydrogen) atoms. The summed E-state index contributed by atoms with van der Waals surface area (Å²) < 4.78 is 5.43. The number of hydrogen-bond donors (Lipinski definition) is 2. The lowest BCUT2D eigenvalue weighted by molar-refractivity contribution is 0.413. The molecule has 0 heterocycles. The van der Waals surface area contributed by atoms with Gasteiger partial charge in [0.2, 0.25) is 0 Å². The molecule has 2 aromatic rings. The van der Waals surface area contributed by atoms with Gasteiger partial charge in [-0.1, -0.05) is 24.3 Å². The van der Waals surface area contributed by atoms with Crippen molar-refractivity contribution in [2.24, 2.45) is 0 Å². The molecule has 0 unspecified atom stereocenters. The van der Waals surface area contributed by atoms with Crippen molar-refractivity contribution in [2.45, 2.75) is 6.92 Å². The number of nitrogen functional groups attached to an aromatic ring is 2. The fraction of sp³-hybridized carbons (Fsp3) is 0.143. The number of aryl methyl sites for hydroxylation is 1. The molecule has 3 nitrogen and oxygen atoms in total. The third-order valence-electron chi connectivity index (χ3n) is 2.78. The Morgan fingerprint density at radius 2 is 1.76 bits per heavy atom. The van der Waals surface area contributed by atoms with Gasteiger partial charge >= 0.3 is 0 Å². The molecule has 0 aromatic heterocycles. The minimum Gasteiger partial charge on any atom is -0.496 e. The Balaban J connectivity index is 2.64. The third kappa shape index (κ3) is 2.04. The van der Waals surface area contributed by atoms with Crippen molar-refractivity contribution < 1.29 is 4.74 Å². The minimum absolute atomic E-state index is 0.661. The lowest BCUT2D eigenvalue weighted by atomic mass is 10.00. The zero-order chi connectivity index (χ0) is 12.4. The highest BCUT2D eigenvalue weighted by Gasteiger charge is 2.10. The summed E-state index contributed by atoms with van der Waals surface area (Å²) in [5, 5.41) is 0. The molecule has 0 aliphatic rings. The molecule has 0 amide bonds. The van der Waals surface area contributed by atoms with Crippen LogP contribution >= 0.6 is 0 Å². The van der Waals surface area contributed by atoms with Gasteiger partial charge in [-0.2, -0.15) is 0 Å². The second-order valence-electron chi connectivity index (χ2n) is 4.00. The van der Waals surface area contributed by atoms with Gasteiger partial charge in [-0.3, -0.25) is 0 Å². The van der Waals surface area contributed by atoms with Crippen LogP contribution in [0.15, 0.2) is 36.4 Å². The van der Waals surface area contributed by atoms with Gasteiger partial charge in [0, 0.05) is 22.5 Å². The lowest BCUT2D eigenvalue weighted by Gasteiger charge is -2.13. The summed E-state index contributed by atoms with van der Waals surface area (Å²) in [6, 6.07) is 11.5. The van der Waals surface area contributed by atoms with E-state index in [4.69, 9.17) is 16.2 Å². The summed E-state index contributed by atoms with van der Waals surface area (Å²) in [6.07, 6.45) is 0. The van der Waals surface area contributed by atoms with E-state index in [1.807, 2.05) is 37.3 Å². The van der Waals surface area contributed by atoms with Crippen LogP contribution in [-0.2, 0) is 0 Å². The molecule has 0 radical (unpaired) electrons. The molecule has 2 rings (SSSR count). The van der Waals surface area contributed by atoms with E-state index in [0.717, 1.165) is 22.4 Å². The highest BCUT2D eigenvalue weighted by molar-refractivity contribution is 5.83. The van der Waals surface area contributed by atoms with Gasteiger partial charge in [0.05, 0.1) is 7.11 Å². The van der Waals surface area contributed by atoms with Crippen LogP contribution in [0.2, 0.25) is 0 Å². The summed E-state index contributed by atoms with van der Waals surface area (Å²) in [4.78, 5) is 0. The number of nitrogens with two attached hydrogens (primary N) is 2. The number of methoxy groups -OCH3 is 1. The quantitative estimate of drug-likeness (QED) is 0.777. The molecule has 0 aliphatic heterocycles. The first-order valence-electron chi connectivity index (χ1n) is 5.42. The number of ether oxygens (including phenoxy) is 1. The first-order chi connectivity index (χ1) is 8.13. The van der Waals surface area contributed by atoms with E-state index < -0.39 is 0 Å². The first kappa shape index (κ1) is 11.3. The van der Waals surface area contributed by atoms with Crippen LogP contribution in [0.4, 0.5) is 11.4 Å². The Hall–Kier alpha value is -2.16. The Kier molecular flexibility index (Phi) is 2.91. The molecule has 4 N–H and O–H groups in total. The third-order valence-corrected chi connectivity index (χ3v) is 2.78. The summed E-state index contributed by atoms with van der Waals surface area (Å²) in [7, 11) is 1.67. The van der Waals surface area contributed by atoms with Crippen molar-refractivity contribution >= 4 is 11.4 Å². The molecule has 0 aliphatic carbocycles. The Morgan fingerprint density at radius 3 is 2.41 bits per heavy atom. The SMILES string of the molecule is COc1c(C)cccc1-c1ccc(N)cc1N. The standard InChI is InChI=1S/C14H16N2O/c1-9-4-3-5-12(14(9)17-2)11-7-6-10(15)8-13(11)16/h3-8H,15-16H2,1-2H3. The lowest BCUT2D eigenvalue weighted by Crippen LogP contribution is -1.96. The molecule has 0 spiro atoms. The number of rotatable bonds is 2. The van der Waals surface area contributed by atoms with Gasteiger partial charge in [-0.15, -0.1) is 0 Å². The second-order valence-corrected chi connectivity index (χ2v) is 4.00. The van der Waals surface area contributed by atoms with E-state index in [2.05, 4.69) is 0 Å². The van der Waals surface area contributed by atoms with E-state index in [1.54, 1.807) is 13.2 Å². The molecule has 0 fully saturated rings. The molecule has 0 saturated heterocycles. The monoisotopic (exact) mass is 228 g/mol. The van der Waals surface area contributed by atoms with Gasteiger partial charge in [0.15, 0.2) is 0 Å². The summed E-state index contributed by atoms with van der Waals surface area (Å²) in [5.74, 6) is 0.851. The van der Waals surface area contributed by atoms with Crippen molar-refractivity contribution in [3.05, 3.63) is 42.0 Å². The van der Waals surface area contributed by atoms with E-state index >= 15 is 0 Å². The van der Waals surface area contributed by atoms with Gasteiger partial charge < -0.3 is 16.2 Å². The molecule has 0 saturated carbocycles. The van der Waals surface area contributed by atoms with E-state index in [-0.39, 0.29) is 0 Å². The van der Waals surface area contributed by atoms with Crippen molar-refractivity contribution in [3.8, 4) is 16.9 Å². The average Bonchev–Trinajstić information content (AvgIpc) is 2.29. The molecular weight excluding hydrogens is 212 g/mol. The maximum absolute atomic E-state index is 5.99. The van der Waals surface area contributed by atoms with Crippen LogP contribution in [0.5, 0.6) is 5.75 Å². The molecule has 3 heteroatoms. The van der Waals surface area contributed by atoms with Gasteiger partial charge in [0.1, 0.15) is 5.75 Å². The zero-order valence-electron chi connectivity index (χ0n) is 10.0. The normalized spacial score (nSPS) is 10.2. The van der Waals surface area contributed by atoms with Gasteiger partial charge in [-0.25, -0.2) is 0 Å². The van der Waals surface area contributed by atoms with Gasteiger partial charge in [-0.05, 0) is 24.6 Å². The first-order valence-corrected chi connectivity index (χ1v) is 5.42. The summed E-state index contributed by atoms with van der Waals surface area (Å²) in [6.45, 7) is 2.01. The second kappa shape index (κ2) is 4.37. The van der Waals surface area contributed by atoms with E-state index in [0.29, 0.717) is 11.4 Å². The fourth-order valence-corrected chi connectivity index (χ4v) is 1.96. The zero-order valence-corrected chi connectivity index (χ0v) is 10.0. The molecular formula is C14H16N2O. The highest BCUT2D eigenvalue weighted by atomic mass is 16.5. The van der Waals surface area contributed by atoms with Crippen LogP contribution in [0, 0.1) is 6.92 Å². The molecule has 88 valence electrons. The molecule has 2 aromatic carbocycles. The maximum Gasteiger partial charge on any atom is 0.129 e. The predicted molar refractivity (Wildman–Crippen MR) is 72.0 cm³/mol. The van der Waals surface area contributed by atoms with E-state index in [9.17, 15) is 0 Å². The number of para-hydroxylation sites is 1. The average molecular weight is 228 g/mol. The van der Waals surface area contributed by atoms with Crippen LogP contribution in [0.1, 0.15) is 5.56 Å². The summed E-state index contributed by atoms with van der Waals surface area (Å²) >= 11 is 0. The largest absolute Gasteiger partial charge is 0.496 e. The Morgan fingerprint density at radius 1 is 1.00 bits per heavy atom. The van der Waals surface area contributed by atoms with Crippen molar-refractivity contribution in [3.63, 3.8) is 0 Å². The number of benzene rings is 2. The Bertz CT molecular complexity index is 550. The van der Waals surface area contributed by atoms with Crippen molar-refractivity contribution in [1.82, 2.24) is 0 Å². The minimum atomic E-state index is 0.661. The Labute approximate surface area is 101 Å². The molecule has 0 atom stereocenters. The maximum atomic E-state index is 5.99. The van der Waals surface area contributed by atoms with Crippen LogP contribution in [-0.4, -0.2) is 7.11 Å². The highest BCUT2D eigenvalue weighted by Crippen LogP contribution is 2.36. The summed E-state index contributed by atoms with van der Waals surface area (Å²) in [5.41, 5.74) is 16.0. The van der Waals surface area contributed by atoms with Crippen LogP contribution in [0.3, 0.4) is 0 Å². The van der Waals surface area contributed by atoms with Gasteiger partial charge in [0.25, 0.3) is 0 Å². The fourth-order valence-electron chi connectivity index (χ4n) is 1.96. The topological polar surface area (TPSA) is 61.3 Å². The smallest absolute Gasteiger partial charge is 0.129 e. The molecule has 0 bridgehead atoms. The van der Waals surface area contributed by atoms with Crippen molar-refractivity contribution in [2.75, 3.05) is 18.6 Å². The number of hydrogen-bond acceptors (Lipinski definition) is 3. The van der Waals surface area contributed by atoms with Crippen LogP contribution in [0.25, 0.3) is 11.1 Å². The predicted octanol–water partition coefficient (Wildman–Crippen LogP) is 2.84. The number of anilines is 2. The van der Waals surface area contributed by atoms with E-state index in [1.165, 1.54) is 0 Å². The van der Waals surface area contributed by atoms with Crippen molar-refractivity contribution in [1.29, 1.82) is 0 Å². The van der Waals surface area contributed by atoms with Crippen LogP contribution < -0.4 is 16.2 Å².